The van der Waals surface area contributed by atoms with Crippen molar-refractivity contribution >= 4 is 17.3 Å². The maximum absolute atomic E-state index is 11.6. The highest BCUT2D eigenvalue weighted by Gasteiger charge is 2.24. The maximum Gasteiger partial charge on any atom is 0.340 e. The molecule has 1 aromatic rings. The summed E-state index contributed by atoms with van der Waals surface area (Å²) in [6.45, 7) is 3.17. The van der Waals surface area contributed by atoms with E-state index in [9.17, 15) is 4.79 Å². The van der Waals surface area contributed by atoms with Crippen molar-refractivity contribution in [3.63, 3.8) is 0 Å². The number of hydrogen-bond acceptors (Lipinski definition) is 4. The lowest BCUT2D eigenvalue weighted by Crippen LogP contribution is -2.27. The van der Waals surface area contributed by atoms with Gasteiger partial charge >= 0.3 is 5.97 Å². The van der Waals surface area contributed by atoms with Crippen LogP contribution in [0, 0.1) is 0 Å². The third-order valence-corrected chi connectivity index (χ3v) is 3.35. The number of carbonyl (C=O) groups is 1. The Balaban J connectivity index is 2.38. The van der Waals surface area contributed by atoms with E-state index in [1.54, 1.807) is 6.07 Å². The van der Waals surface area contributed by atoms with Gasteiger partial charge < -0.3 is 15.4 Å². The molecule has 1 aliphatic heterocycles. The van der Waals surface area contributed by atoms with Crippen LogP contribution in [0.5, 0.6) is 0 Å². The van der Waals surface area contributed by atoms with Crippen molar-refractivity contribution in [2.75, 3.05) is 24.3 Å². The second-order valence-corrected chi connectivity index (χ2v) is 4.41. The van der Waals surface area contributed by atoms with Gasteiger partial charge in [0.25, 0.3) is 0 Å². The van der Waals surface area contributed by atoms with Crippen molar-refractivity contribution in [2.24, 2.45) is 0 Å². The third-order valence-electron chi connectivity index (χ3n) is 3.35. The fourth-order valence-corrected chi connectivity index (χ4v) is 2.38. The molecule has 1 aromatic carbocycles. The molecule has 0 aromatic heterocycles. The standard InChI is InChI=1S/C13H18N2O2/c1-9-5-4-8-15(9)11-7-3-6-10(12(11)14)13(16)17-2/h3,6-7,9H,4-5,8,14H2,1-2H3. The van der Waals surface area contributed by atoms with Crippen LogP contribution in [0.1, 0.15) is 30.1 Å². The summed E-state index contributed by atoms with van der Waals surface area (Å²) in [5.41, 5.74) is 7.97. The first kappa shape index (κ1) is 11.8. The Morgan fingerprint density at radius 3 is 2.88 bits per heavy atom. The Morgan fingerprint density at radius 2 is 2.29 bits per heavy atom. The highest BCUT2D eigenvalue weighted by atomic mass is 16.5. The fraction of sp³-hybridized carbons (Fsp3) is 0.462. The average Bonchev–Trinajstić information content (AvgIpc) is 2.75. The molecule has 92 valence electrons. The number of benzene rings is 1. The van der Waals surface area contributed by atoms with Gasteiger partial charge in [0.05, 0.1) is 24.0 Å². The predicted molar refractivity (Wildman–Crippen MR) is 68.2 cm³/mol. The number of anilines is 2. The summed E-state index contributed by atoms with van der Waals surface area (Å²) in [6.07, 6.45) is 2.34. The van der Waals surface area contributed by atoms with Gasteiger partial charge in [0, 0.05) is 12.6 Å². The minimum absolute atomic E-state index is 0.379. The number of esters is 1. The first-order valence-electron chi connectivity index (χ1n) is 5.88. The number of nitrogens with two attached hydrogens (primary N) is 1. The van der Waals surface area contributed by atoms with Crippen LogP contribution in [0.2, 0.25) is 0 Å². The maximum atomic E-state index is 11.6. The zero-order chi connectivity index (χ0) is 12.4. The highest BCUT2D eigenvalue weighted by molar-refractivity contribution is 5.98. The van der Waals surface area contributed by atoms with Crippen LogP contribution in [0.4, 0.5) is 11.4 Å². The Bertz CT molecular complexity index is 431. The number of nitrogen functional groups attached to an aromatic ring is 1. The first-order chi connectivity index (χ1) is 8.15. The lowest BCUT2D eigenvalue weighted by molar-refractivity contribution is 0.0602. The molecule has 4 heteroatoms. The smallest absolute Gasteiger partial charge is 0.340 e. The van der Waals surface area contributed by atoms with E-state index < -0.39 is 0 Å². The van der Waals surface area contributed by atoms with Gasteiger partial charge in [-0.2, -0.15) is 0 Å². The molecule has 0 spiro atoms. The normalized spacial score (nSPS) is 19.4. The van der Waals surface area contributed by atoms with Crippen molar-refractivity contribution in [3.8, 4) is 0 Å². The summed E-state index contributed by atoms with van der Waals surface area (Å²) in [5, 5.41) is 0. The second kappa shape index (κ2) is 4.65. The van der Waals surface area contributed by atoms with Crippen molar-refractivity contribution in [1.29, 1.82) is 0 Å². The number of methoxy groups -OCH3 is 1. The molecule has 1 atom stereocenters. The topological polar surface area (TPSA) is 55.6 Å². The van der Waals surface area contributed by atoms with E-state index in [0.717, 1.165) is 12.2 Å². The van der Waals surface area contributed by atoms with E-state index >= 15 is 0 Å². The van der Waals surface area contributed by atoms with Crippen molar-refractivity contribution in [2.45, 2.75) is 25.8 Å². The monoisotopic (exact) mass is 234 g/mol. The van der Waals surface area contributed by atoms with Crippen LogP contribution < -0.4 is 10.6 Å². The number of nitrogens with zero attached hydrogens (tertiary/aromatic N) is 1. The predicted octanol–water partition coefficient (Wildman–Crippen LogP) is 2.04. The van der Waals surface area contributed by atoms with E-state index in [2.05, 4.69) is 11.8 Å². The summed E-state index contributed by atoms with van der Waals surface area (Å²) in [7, 11) is 1.37. The molecule has 4 nitrogen and oxygen atoms in total. The quantitative estimate of drug-likeness (QED) is 0.628. The average molecular weight is 234 g/mol. The zero-order valence-electron chi connectivity index (χ0n) is 10.3. The fourth-order valence-electron chi connectivity index (χ4n) is 2.38. The van der Waals surface area contributed by atoms with Crippen molar-refractivity contribution < 1.29 is 9.53 Å². The van der Waals surface area contributed by atoms with E-state index in [1.165, 1.54) is 20.0 Å². The molecule has 1 fully saturated rings. The van der Waals surface area contributed by atoms with E-state index in [-0.39, 0.29) is 5.97 Å². The van der Waals surface area contributed by atoms with Gasteiger partial charge in [0.15, 0.2) is 0 Å². The first-order valence-corrected chi connectivity index (χ1v) is 5.88. The Morgan fingerprint density at radius 1 is 1.53 bits per heavy atom. The molecule has 1 aliphatic rings. The number of rotatable bonds is 2. The minimum atomic E-state index is -0.379. The van der Waals surface area contributed by atoms with E-state index in [0.29, 0.717) is 17.3 Å². The number of carbonyl (C=O) groups excluding carboxylic acids is 1. The van der Waals surface area contributed by atoms with Gasteiger partial charge in [0.1, 0.15) is 0 Å². The number of para-hydroxylation sites is 1. The van der Waals surface area contributed by atoms with Crippen LogP contribution in [0.15, 0.2) is 18.2 Å². The van der Waals surface area contributed by atoms with Gasteiger partial charge in [-0.1, -0.05) is 6.07 Å². The van der Waals surface area contributed by atoms with Crippen molar-refractivity contribution in [3.05, 3.63) is 23.8 Å². The molecule has 0 bridgehead atoms. The molecule has 1 saturated heterocycles. The molecular formula is C13H18N2O2. The van der Waals surface area contributed by atoms with Crippen LogP contribution in [-0.4, -0.2) is 25.7 Å². The largest absolute Gasteiger partial charge is 0.465 e. The lowest BCUT2D eigenvalue weighted by atomic mass is 10.1. The number of hydrogen-bond donors (Lipinski definition) is 1. The summed E-state index contributed by atoms with van der Waals surface area (Å²) in [4.78, 5) is 13.8. The van der Waals surface area contributed by atoms with Gasteiger partial charge in [-0.3, -0.25) is 0 Å². The highest BCUT2D eigenvalue weighted by Crippen LogP contribution is 2.32. The van der Waals surface area contributed by atoms with Gasteiger partial charge in [-0.05, 0) is 31.9 Å². The summed E-state index contributed by atoms with van der Waals surface area (Å²) in [6, 6.07) is 5.99. The zero-order valence-corrected chi connectivity index (χ0v) is 10.3. The molecule has 2 N–H and O–H groups in total. The third kappa shape index (κ3) is 2.07. The summed E-state index contributed by atoms with van der Waals surface area (Å²) >= 11 is 0. The SMILES string of the molecule is COC(=O)c1cccc(N2CCCC2C)c1N. The Kier molecular flexibility index (Phi) is 3.22. The van der Waals surface area contributed by atoms with Crippen LogP contribution >= 0.6 is 0 Å². The Labute approximate surface area is 101 Å². The molecule has 0 aliphatic carbocycles. The van der Waals surface area contributed by atoms with Gasteiger partial charge in [0.2, 0.25) is 0 Å². The van der Waals surface area contributed by atoms with E-state index in [4.69, 9.17) is 10.5 Å². The number of ether oxygens (including phenoxy) is 1. The molecule has 1 unspecified atom stereocenters. The molecule has 17 heavy (non-hydrogen) atoms. The van der Waals surface area contributed by atoms with Crippen LogP contribution in [-0.2, 0) is 4.74 Å². The van der Waals surface area contributed by atoms with Crippen molar-refractivity contribution in [1.82, 2.24) is 0 Å². The Hall–Kier alpha value is -1.71. The second-order valence-electron chi connectivity index (χ2n) is 4.41. The van der Waals surface area contributed by atoms with Gasteiger partial charge in [-0.15, -0.1) is 0 Å². The lowest BCUT2D eigenvalue weighted by Gasteiger charge is -2.25. The molecule has 1 heterocycles. The minimum Gasteiger partial charge on any atom is -0.465 e. The van der Waals surface area contributed by atoms with E-state index in [1.807, 2.05) is 12.1 Å². The molecule has 0 amide bonds. The molecule has 0 saturated carbocycles. The molecule has 2 rings (SSSR count). The molecule has 0 radical (unpaired) electrons. The van der Waals surface area contributed by atoms with Gasteiger partial charge in [-0.25, -0.2) is 4.79 Å². The summed E-state index contributed by atoms with van der Waals surface area (Å²) < 4.78 is 4.72. The molecular weight excluding hydrogens is 216 g/mol. The van der Waals surface area contributed by atoms with Crippen LogP contribution in [0.3, 0.4) is 0 Å². The summed E-state index contributed by atoms with van der Waals surface area (Å²) in [5.74, 6) is -0.379. The van der Waals surface area contributed by atoms with Crippen LogP contribution in [0.25, 0.3) is 0 Å².